The highest BCUT2D eigenvalue weighted by molar-refractivity contribution is 5.57. The van der Waals surface area contributed by atoms with Crippen molar-refractivity contribution in [2.75, 3.05) is 20.4 Å². The van der Waals surface area contributed by atoms with E-state index < -0.39 is 17.7 Å². The van der Waals surface area contributed by atoms with Crippen LogP contribution in [0.1, 0.15) is 23.8 Å². The van der Waals surface area contributed by atoms with Crippen molar-refractivity contribution in [3.63, 3.8) is 0 Å². The summed E-state index contributed by atoms with van der Waals surface area (Å²) in [5, 5.41) is 21.7. The predicted molar refractivity (Wildman–Crippen MR) is 80.3 cm³/mol. The lowest BCUT2D eigenvalue weighted by atomic mass is 9.65. The molecule has 1 aromatic carbocycles. The van der Waals surface area contributed by atoms with Crippen LogP contribution < -0.4 is 9.47 Å². The number of fused-ring (bicyclic) bond motifs is 2. The maximum Gasteiger partial charge on any atom is 0.231 e. The van der Waals surface area contributed by atoms with Crippen LogP contribution in [-0.4, -0.2) is 53.8 Å². The Morgan fingerprint density at radius 2 is 2.04 bits per heavy atom. The van der Waals surface area contributed by atoms with Crippen LogP contribution in [0.3, 0.4) is 0 Å². The van der Waals surface area contributed by atoms with Gasteiger partial charge in [0.1, 0.15) is 6.23 Å². The van der Waals surface area contributed by atoms with Crippen molar-refractivity contribution in [1.29, 1.82) is 0 Å². The molecule has 0 spiro atoms. The van der Waals surface area contributed by atoms with Crippen molar-refractivity contribution in [2.45, 2.75) is 36.3 Å². The Labute approximate surface area is 133 Å². The highest BCUT2D eigenvalue weighted by atomic mass is 16.7. The van der Waals surface area contributed by atoms with Gasteiger partial charge in [-0.3, -0.25) is 4.90 Å². The lowest BCUT2D eigenvalue weighted by molar-refractivity contribution is -0.0399. The Balaban J connectivity index is 1.75. The van der Waals surface area contributed by atoms with Crippen molar-refractivity contribution in [3.8, 4) is 11.5 Å². The molecule has 0 amide bonds. The van der Waals surface area contributed by atoms with Gasteiger partial charge in [-0.2, -0.15) is 0 Å². The first-order valence-electron chi connectivity index (χ1n) is 7.93. The highest BCUT2D eigenvalue weighted by Gasteiger charge is 2.61. The van der Waals surface area contributed by atoms with E-state index in [1.165, 1.54) is 0 Å². The first kappa shape index (κ1) is 13.8. The smallest absolute Gasteiger partial charge is 0.231 e. The van der Waals surface area contributed by atoms with Crippen LogP contribution in [0, 0.1) is 0 Å². The monoisotopic (exact) mass is 317 g/mol. The van der Waals surface area contributed by atoms with Gasteiger partial charge >= 0.3 is 0 Å². The van der Waals surface area contributed by atoms with E-state index in [0.717, 1.165) is 17.5 Å². The number of benzene rings is 1. The Morgan fingerprint density at radius 1 is 1.26 bits per heavy atom. The second kappa shape index (κ2) is 4.48. The number of rotatable bonds is 1. The fourth-order valence-corrected chi connectivity index (χ4v) is 4.71. The standard InChI is InChI=1S/C17H19NO5/c1-21-9-2-3-17-11-6-13-12(22-8-23-13)5-10(11)16(20)18(7-15(17)19)14(17)4-9/h2-3,5-6,9,14-16,19-20H,4,7-8H2,1H3/t9-,14+,15+,16+,17+/m1/s1. The summed E-state index contributed by atoms with van der Waals surface area (Å²) in [6, 6.07) is 3.79. The number of nitrogens with zero attached hydrogens (tertiary/aromatic N) is 1. The summed E-state index contributed by atoms with van der Waals surface area (Å²) < 4.78 is 16.4. The summed E-state index contributed by atoms with van der Waals surface area (Å²) in [5.41, 5.74) is 1.21. The number of methoxy groups -OCH3 is 1. The lowest BCUT2D eigenvalue weighted by Crippen LogP contribution is -2.53. The summed E-state index contributed by atoms with van der Waals surface area (Å²) in [6.07, 6.45) is 3.51. The van der Waals surface area contributed by atoms with Crippen molar-refractivity contribution in [1.82, 2.24) is 4.90 Å². The van der Waals surface area contributed by atoms with Gasteiger partial charge in [0.15, 0.2) is 11.5 Å². The van der Waals surface area contributed by atoms with Gasteiger partial charge < -0.3 is 24.4 Å². The van der Waals surface area contributed by atoms with Gasteiger partial charge in [0.2, 0.25) is 6.79 Å². The molecule has 3 heterocycles. The predicted octanol–water partition coefficient (Wildman–Crippen LogP) is 0.678. The number of aliphatic hydroxyl groups excluding tert-OH is 2. The van der Waals surface area contributed by atoms with E-state index in [1.807, 2.05) is 23.1 Å². The van der Waals surface area contributed by atoms with Crippen LogP contribution in [0.4, 0.5) is 0 Å². The van der Waals surface area contributed by atoms with E-state index in [1.54, 1.807) is 7.11 Å². The van der Waals surface area contributed by atoms with Crippen LogP contribution in [-0.2, 0) is 10.2 Å². The molecule has 23 heavy (non-hydrogen) atoms. The van der Waals surface area contributed by atoms with Crippen LogP contribution in [0.25, 0.3) is 0 Å². The topological polar surface area (TPSA) is 71.4 Å². The molecule has 1 aromatic rings. The number of ether oxygens (including phenoxy) is 3. The van der Waals surface area contributed by atoms with E-state index in [4.69, 9.17) is 14.2 Å². The highest BCUT2D eigenvalue weighted by Crippen LogP contribution is 2.56. The molecular formula is C17H19NO5. The lowest BCUT2D eigenvalue weighted by Gasteiger charge is -2.48. The van der Waals surface area contributed by atoms with E-state index in [-0.39, 0.29) is 18.9 Å². The summed E-state index contributed by atoms with van der Waals surface area (Å²) in [4.78, 5) is 1.98. The third-order valence-electron chi connectivity index (χ3n) is 5.84. The Bertz CT molecular complexity index is 704. The molecule has 1 aliphatic carbocycles. The van der Waals surface area contributed by atoms with Crippen molar-refractivity contribution in [2.24, 2.45) is 0 Å². The van der Waals surface area contributed by atoms with E-state index in [0.29, 0.717) is 18.0 Å². The van der Waals surface area contributed by atoms with Gasteiger partial charge in [-0.05, 0) is 24.1 Å². The quantitative estimate of drug-likeness (QED) is 0.742. The average molecular weight is 317 g/mol. The molecule has 0 radical (unpaired) electrons. The molecule has 3 aliphatic heterocycles. The van der Waals surface area contributed by atoms with E-state index in [2.05, 4.69) is 6.08 Å². The molecule has 4 aliphatic rings. The van der Waals surface area contributed by atoms with Crippen molar-refractivity contribution < 1.29 is 24.4 Å². The second-order valence-electron chi connectivity index (χ2n) is 6.70. The number of hydrogen-bond acceptors (Lipinski definition) is 6. The third kappa shape index (κ3) is 1.57. The molecule has 6 atom stereocenters. The number of aliphatic hydroxyl groups is 2. The summed E-state index contributed by atoms with van der Waals surface area (Å²) in [6.45, 7) is 0.631. The van der Waals surface area contributed by atoms with E-state index >= 15 is 0 Å². The summed E-state index contributed by atoms with van der Waals surface area (Å²) >= 11 is 0. The summed E-state index contributed by atoms with van der Waals surface area (Å²) in [5.74, 6) is 1.33. The van der Waals surface area contributed by atoms with Crippen LogP contribution >= 0.6 is 0 Å². The molecule has 0 aromatic heterocycles. The molecule has 1 saturated heterocycles. The van der Waals surface area contributed by atoms with Crippen LogP contribution in [0.15, 0.2) is 24.3 Å². The van der Waals surface area contributed by atoms with E-state index in [9.17, 15) is 10.2 Å². The van der Waals surface area contributed by atoms with Gasteiger partial charge in [-0.25, -0.2) is 0 Å². The molecule has 122 valence electrons. The molecule has 0 saturated carbocycles. The molecular weight excluding hydrogens is 298 g/mol. The fourth-order valence-electron chi connectivity index (χ4n) is 4.71. The minimum Gasteiger partial charge on any atom is -0.454 e. The Hall–Kier alpha value is -1.60. The molecule has 1 fully saturated rings. The zero-order valence-corrected chi connectivity index (χ0v) is 12.8. The van der Waals surface area contributed by atoms with Gasteiger partial charge in [0, 0.05) is 25.3 Å². The maximum atomic E-state index is 10.8. The molecule has 5 rings (SSSR count). The minimum absolute atomic E-state index is 0.00341. The normalized spacial score (nSPS) is 42.5. The number of hydrogen-bond donors (Lipinski definition) is 2. The molecule has 2 N–H and O–H groups in total. The van der Waals surface area contributed by atoms with Crippen LogP contribution in [0.2, 0.25) is 0 Å². The maximum absolute atomic E-state index is 10.8. The van der Waals surface area contributed by atoms with Crippen molar-refractivity contribution in [3.05, 3.63) is 35.4 Å². The van der Waals surface area contributed by atoms with Gasteiger partial charge in [-0.15, -0.1) is 0 Å². The first-order chi connectivity index (χ1) is 11.1. The van der Waals surface area contributed by atoms with Crippen molar-refractivity contribution >= 4 is 0 Å². The zero-order valence-electron chi connectivity index (χ0n) is 12.8. The van der Waals surface area contributed by atoms with Gasteiger partial charge in [-0.1, -0.05) is 12.2 Å². The molecule has 1 unspecified atom stereocenters. The zero-order chi connectivity index (χ0) is 15.8. The van der Waals surface area contributed by atoms with Gasteiger partial charge in [0.25, 0.3) is 0 Å². The third-order valence-corrected chi connectivity index (χ3v) is 5.84. The molecule has 2 bridgehead atoms. The molecule has 6 heteroatoms. The van der Waals surface area contributed by atoms with Gasteiger partial charge in [0.05, 0.1) is 17.6 Å². The van der Waals surface area contributed by atoms with Crippen LogP contribution in [0.5, 0.6) is 11.5 Å². The summed E-state index contributed by atoms with van der Waals surface area (Å²) in [7, 11) is 1.69. The Kier molecular flexibility index (Phi) is 2.69. The largest absolute Gasteiger partial charge is 0.454 e. The Morgan fingerprint density at radius 3 is 2.83 bits per heavy atom. The second-order valence-corrected chi connectivity index (χ2v) is 6.70. The molecule has 6 nitrogen and oxygen atoms in total. The average Bonchev–Trinajstić information content (AvgIpc) is 3.12. The SMILES string of the molecule is CO[C@@H]1C=C[C@@]23c4cc5c(cc4[C@H](O)N(C[C@@H]2O)[C@H]3C1)OCO5. The minimum atomic E-state index is -0.751. The first-order valence-corrected chi connectivity index (χ1v) is 7.93. The fraction of sp³-hybridized carbons (Fsp3) is 0.529.